The molecule has 2 aromatic rings. The van der Waals surface area contributed by atoms with Crippen LogP contribution in [0.1, 0.15) is 85.8 Å². The molecule has 0 heterocycles. The van der Waals surface area contributed by atoms with E-state index >= 15 is 0 Å². The monoisotopic (exact) mass is 540 g/mol. The summed E-state index contributed by atoms with van der Waals surface area (Å²) in [5.74, 6) is -0.954. The minimum absolute atomic E-state index is 0.113. The molecule has 0 bridgehead atoms. The highest BCUT2D eigenvalue weighted by atomic mass is 19.1. The summed E-state index contributed by atoms with van der Waals surface area (Å²) in [4.78, 5) is 24.8. The van der Waals surface area contributed by atoms with Crippen LogP contribution in [0.4, 0.5) is 10.1 Å². The Balaban J connectivity index is 1.50. The van der Waals surface area contributed by atoms with Crippen molar-refractivity contribution in [3.8, 4) is 11.5 Å². The van der Waals surface area contributed by atoms with Gasteiger partial charge < -0.3 is 25.2 Å². The van der Waals surface area contributed by atoms with Crippen LogP contribution < -0.4 is 20.1 Å². The average Bonchev–Trinajstić information content (AvgIpc) is 2.87. The molecule has 0 atom stereocenters. The lowest BCUT2D eigenvalue weighted by Gasteiger charge is -2.38. The molecule has 39 heavy (non-hydrogen) atoms. The topological polar surface area (TPSA) is 96.9 Å². The Kier molecular flexibility index (Phi) is 8.42. The third-order valence-electron chi connectivity index (χ3n) is 8.60. The predicted molar refractivity (Wildman–Crippen MR) is 149 cm³/mol. The van der Waals surface area contributed by atoms with Gasteiger partial charge in [-0.25, -0.2) is 4.39 Å². The molecule has 8 heteroatoms. The molecule has 4 rings (SSSR count). The summed E-state index contributed by atoms with van der Waals surface area (Å²) in [5.41, 5.74) is 3.34. The van der Waals surface area contributed by atoms with Crippen LogP contribution in [0, 0.1) is 30.5 Å². The number of ether oxygens (including phenoxy) is 2. The van der Waals surface area contributed by atoms with E-state index in [-0.39, 0.29) is 23.2 Å². The summed E-state index contributed by atoms with van der Waals surface area (Å²) in [5, 5.41) is 16.0. The van der Waals surface area contributed by atoms with Gasteiger partial charge in [0.1, 0.15) is 5.75 Å². The number of methoxy groups -OCH3 is 1. The van der Waals surface area contributed by atoms with Crippen molar-refractivity contribution in [2.45, 2.75) is 85.3 Å². The molecule has 1 amide bonds. The number of halogens is 1. The van der Waals surface area contributed by atoms with E-state index < -0.39 is 17.2 Å². The molecule has 0 aromatic heterocycles. The second kappa shape index (κ2) is 11.4. The molecule has 0 aliphatic heterocycles. The van der Waals surface area contributed by atoms with Crippen molar-refractivity contribution in [3.05, 3.63) is 52.3 Å². The summed E-state index contributed by atoms with van der Waals surface area (Å²) in [6, 6.07) is 6.85. The van der Waals surface area contributed by atoms with Gasteiger partial charge in [0.05, 0.1) is 29.9 Å². The molecule has 3 N–H and O–H groups in total. The first-order valence-electron chi connectivity index (χ1n) is 13.8. The zero-order valence-electron chi connectivity index (χ0n) is 23.7. The predicted octanol–water partition coefficient (Wildman–Crippen LogP) is 6.40. The Labute approximate surface area is 230 Å². The van der Waals surface area contributed by atoms with Crippen molar-refractivity contribution in [2.24, 2.45) is 10.8 Å². The zero-order chi connectivity index (χ0) is 28.4. The molecule has 0 unspecified atom stereocenters. The molecule has 2 fully saturated rings. The fourth-order valence-electron chi connectivity index (χ4n) is 5.65. The van der Waals surface area contributed by atoms with Crippen molar-refractivity contribution < 1.29 is 28.6 Å². The van der Waals surface area contributed by atoms with Gasteiger partial charge >= 0.3 is 5.97 Å². The summed E-state index contributed by atoms with van der Waals surface area (Å²) in [6.07, 6.45) is 5.25. The number of carboxylic acids is 1. The van der Waals surface area contributed by atoms with Gasteiger partial charge in [-0.05, 0) is 88.0 Å². The van der Waals surface area contributed by atoms with Crippen LogP contribution in [-0.2, 0) is 11.3 Å². The van der Waals surface area contributed by atoms with E-state index in [1.54, 1.807) is 13.0 Å². The zero-order valence-corrected chi connectivity index (χ0v) is 23.7. The summed E-state index contributed by atoms with van der Waals surface area (Å²) in [6.45, 7) is 8.83. The van der Waals surface area contributed by atoms with Crippen molar-refractivity contribution in [1.29, 1.82) is 0 Å². The van der Waals surface area contributed by atoms with E-state index in [2.05, 4.69) is 17.6 Å². The van der Waals surface area contributed by atoms with Crippen LogP contribution in [0.25, 0.3) is 0 Å². The van der Waals surface area contributed by atoms with Gasteiger partial charge in [-0.1, -0.05) is 19.4 Å². The van der Waals surface area contributed by atoms with Crippen LogP contribution in [0.5, 0.6) is 11.5 Å². The largest absolute Gasteiger partial charge is 0.496 e. The second-order valence-electron chi connectivity index (χ2n) is 12.0. The number of hydrogen-bond acceptors (Lipinski definition) is 5. The molecule has 2 aliphatic carbocycles. The third kappa shape index (κ3) is 6.48. The molecule has 0 spiro atoms. The normalized spacial score (nSPS) is 21.9. The Morgan fingerprint density at radius 2 is 1.74 bits per heavy atom. The van der Waals surface area contributed by atoms with E-state index in [1.807, 2.05) is 26.0 Å². The van der Waals surface area contributed by atoms with Crippen LogP contribution >= 0.6 is 0 Å². The maximum Gasteiger partial charge on any atom is 0.309 e. The summed E-state index contributed by atoms with van der Waals surface area (Å²) >= 11 is 0. The van der Waals surface area contributed by atoms with E-state index in [0.29, 0.717) is 55.6 Å². The first-order valence-corrected chi connectivity index (χ1v) is 13.8. The number of rotatable bonds is 10. The van der Waals surface area contributed by atoms with Crippen molar-refractivity contribution >= 4 is 17.6 Å². The summed E-state index contributed by atoms with van der Waals surface area (Å²) < 4.78 is 26.4. The number of benzene rings is 2. The van der Waals surface area contributed by atoms with Gasteiger partial charge in [0.15, 0.2) is 11.6 Å². The number of carbonyl (C=O) groups is 2. The summed E-state index contributed by atoms with van der Waals surface area (Å²) in [7, 11) is 1.49. The van der Waals surface area contributed by atoms with Crippen molar-refractivity contribution in [3.63, 3.8) is 0 Å². The first-order chi connectivity index (χ1) is 18.4. The van der Waals surface area contributed by atoms with Crippen LogP contribution in [0.15, 0.2) is 24.3 Å². The second-order valence-corrected chi connectivity index (χ2v) is 12.0. The highest BCUT2D eigenvalue weighted by molar-refractivity contribution is 6.00. The van der Waals surface area contributed by atoms with Crippen LogP contribution in [-0.4, -0.2) is 36.7 Å². The molecule has 0 radical (unpaired) electrons. The van der Waals surface area contributed by atoms with Gasteiger partial charge in [0.25, 0.3) is 5.91 Å². The highest BCUT2D eigenvalue weighted by Crippen LogP contribution is 2.40. The van der Waals surface area contributed by atoms with E-state index in [4.69, 9.17) is 9.47 Å². The quantitative estimate of drug-likeness (QED) is 0.323. The lowest BCUT2D eigenvalue weighted by molar-refractivity contribution is -0.150. The molecule has 2 aliphatic rings. The third-order valence-corrected chi connectivity index (χ3v) is 8.60. The fraction of sp³-hybridized carbons (Fsp3) is 0.548. The van der Waals surface area contributed by atoms with Gasteiger partial charge in [-0.3, -0.25) is 9.59 Å². The lowest BCUT2D eigenvalue weighted by Crippen LogP contribution is -2.40. The Morgan fingerprint density at radius 1 is 1.05 bits per heavy atom. The molecular formula is C31H41FN2O5. The standard InChI is InChI=1S/C31H41FN2O5/c1-19-13-20(2)27(23(14-19)28(35)34-18-30(3)9-6-10-30)33-17-21-15-26(24(32)16-25(21)38-5)39-22-7-11-31(4,12-8-22)29(36)37/h13-16,22,33H,6-12,17-18H2,1-5H3,(H,34,35)(H,36,37)/t22-,31+. The number of nitrogens with one attached hydrogen (secondary N) is 2. The minimum Gasteiger partial charge on any atom is -0.496 e. The molecule has 212 valence electrons. The number of carboxylic acid groups (broad SMARTS) is 1. The average molecular weight is 541 g/mol. The van der Waals surface area contributed by atoms with Gasteiger partial charge in [0, 0.05) is 24.7 Å². The fourth-order valence-corrected chi connectivity index (χ4v) is 5.65. The van der Waals surface area contributed by atoms with Crippen LogP contribution in [0.2, 0.25) is 0 Å². The molecule has 2 saturated carbocycles. The number of anilines is 1. The maximum absolute atomic E-state index is 14.9. The van der Waals surface area contributed by atoms with Crippen LogP contribution in [0.3, 0.4) is 0 Å². The molecule has 7 nitrogen and oxygen atoms in total. The van der Waals surface area contributed by atoms with E-state index in [0.717, 1.165) is 29.7 Å². The van der Waals surface area contributed by atoms with Crippen molar-refractivity contribution in [1.82, 2.24) is 5.32 Å². The number of hydrogen-bond donors (Lipinski definition) is 3. The van der Waals surface area contributed by atoms with Crippen molar-refractivity contribution in [2.75, 3.05) is 19.0 Å². The molecular weight excluding hydrogens is 499 g/mol. The SMILES string of the molecule is COc1cc(F)c(O[C@H]2CC[C@@](C)(C(=O)O)CC2)cc1CNc1c(C)cc(C)cc1C(=O)NCC1(C)CCC1. The Bertz CT molecular complexity index is 1230. The molecule has 0 saturated heterocycles. The smallest absolute Gasteiger partial charge is 0.309 e. The lowest BCUT2D eigenvalue weighted by atomic mass is 9.70. The number of carbonyl (C=O) groups excluding carboxylic acids is 1. The maximum atomic E-state index is 14.9. The molecule has 2 aromatic carbocycles. The van der Waals surface area contributed by atoms with Gasteiger partial charge in [-0.15, -0.1) is 0 Å². The number of amides is 1. The Hall–Kier alpha value is -3.29. The minimum atomic E-state index is -0.804. The van der Waals surface area contributed by atoms with E-state index in [1.165, 1.54) is 19.6 Å². The number of aliphatic carboxylic acids is 1. The highest BCUT2D eigenvalue weighted by Gasteiger charge is 2.38. The Morgan fingerprint density at radius 3 is 2.33 bits per heavy atom. The van der Waals surface area contributed by atoms with Gasteiger partial charge in [0.2, 0.25) is 0 Å². The first kappa shape index (κ1) is 28.7. The van der Waals surface area contributed by atoms with Gasteiger partial charge in [-0.2, -0.15) is 0 Å². The van der Waals surface area contributed by atoms with E-state index in [9.17, 15) is 19.1 Å². The number of aryl methyl sites for hydroxylation is 2.